The maximum atomic E-state index is 13.2. The van der Waals surface area contributed by atoms with Crippen molar-refractivity contribution in [2.45, 2.75) is 37.6 Å². The fourth-order valence-corrected chi connectivity index (χ4v) is 8.21. The molecule has 3 fully saturated rings. The van der Waals surface area contributed by atoms with Crippen molar-refractivity contribution in [2.75, 3.05) is 45.2 Å². The lowest BCUT2D eigenvalue weighted by Gasteiger charge is -2.50. The van der Waals surface area contributed by atoms with Gasteiger partial charge in [-0.15, -0.1) is 0 Å². The van der Waals surface area contributed by atoms with E-state index in [4.69, 9.17) is 21.1 Å². The van der Waals surface area contributed by atoms with Crippen LogP contribution in [0.15, 0.2) is 95.8 Å². The molecule has 8 rings (SSSR count). The van der Waals surface area contributed by atoms with E-state index in [1.54, 1.807) is 47.4 Å². The Morgan fingerprint density at radius 2 is 1.77 bits per heavy atom. The minimum atomic E-state index is -0.975. The third-order valence-electron chi connectivity index (χ3n) is 10.7. The lowest BCUT2D eigenvalue weighted by atomic mass is 9.81. The third-order valence-corrected chi connectivity index (χ3v) is 11.0. The summed E-state index contributed by atoms with van der Waals surface area (Å²) in [6.07, 6.45) is 0.00551. The van der Waals surface area contributed by atoms with E-state index in [2.05, 4.69) is 20.5 Å². The minimum absolute atomic E-state index is 0.0926. The SMILES string of the molecule is COc1cc(NC(=O)COc2cccc([C@H](c3ccccc3)N(C(=O)O)[C@H]3CN4CCC3CC4)c2)c(Cl)cc1CNC[C@H](O)c1ccc(O)c2[nH]c(=O)ccc12. The van der Waals surface area contributed by atoms with Crippen LogP contribution < -0.4 is 25.7 Å². The van der Waals surface area contributed by atoms with Gasteiger partial charge in [-0.05, 0) is 78.9 Å². The number of aromatic amines is 1. The van der Waals surface area contributed by atoms with Gasteiger partial charge in [-0.1, -0.05) is 60.1 Å². The summed E-state index contributed by atoms with van der Waals surface area (Å²) >= 11 is 6.61. The largest absolute Gasteiger partial charge is 0.506 e. The molecule has 14 heteroatoms. The Kier molecular flexibility index (Phi) is 11.8. The van der Waals surface area contributed by atoms with Gasteiger partial charge in [0, 0.05) is 42.7 Å². The predicted octanol–water partition coefficient (Wildman–Crippen LogP) is 5.90. The summed E-state index contributed by atoms with van der Waals surface area (Å²) in [5, 5.41) is 38.5. The number of methoxy groups -OCH3 is 1. The summed E-state index contributed by atoms with van der Waals surface area (Å²) in [5.41, 5.74) is 3.00. The number of aliphatic hydroxyl groups excluding tert-OH is 1. The first-order valence-electron chi connectivity index (χ1n) is 18.5. The molecule has 4 aromatic carbocycles. The molecule has 4 heterocycles. The fourth-order valence-electron chi connectivity index (χ4n) is 7.97. The number of hydrogen-bond donors (Lipinski definition) is 6. The summed E-state index contributed by atoms with van der Waals surface area (Å²) in [4.78, 5) is 44.5. The second-order valence-electron chi connectivity index (χ2n) is 14.2. The van der Waals surface area contributed by atoms with Gasteiger partial charge >= 0.3 is 6.09 Å². The number of carbonyl (C=O) groups excluding carboxylic acids is 1. The number of pyridine rings is 1. The number of fused-ring (bicyclic) bond motifs is 4. The first-order valence-corrected chi connectivity index (χ1v) is 18.9. The number of benzene rings is 4. The molecule has 292 valence electrons. The van der Waals surface area contributed by atoms with Crippen LogP contribution in [0, 0.1) is 5.92 Å². The maximum absolute atomic E-state index is 13.2. The second kappa shape index (κ2) is 17.0. The van der Waals surface area contributed by atoms with Gasteiger partial charge in [0.05, 0.1) is 41.5 Å². The van der Waals surface area contributed by atoms with Gasteiger partial charge in [0.1, 0.15) is 17.2 Å². The van der Waals surface area contributed by atoms with Gasteiger partial charge in [0.2, 0.25) is 5.56 Å². The highest BCUT2D eigenvalue weighted by molar-refractivity contribution is 6.33. The van der Waals surface area contributed by atoms with Crippen LogP contribution in [0.4, 0.5) is 10.5 Å². The van der Waals surface area contributed by atoms with Crippen molar-refractivity contribution in [3.63, 3.8) is 0 Å². The number of piperidine rings is 3. The Hall–Kier alpha value is -5.60. The van der Waals surface area contributed by atoms with Crippen molar-refractivity contribution >= 4 is 40.2 Å². The first kappa shape index (κ1) is 38.7. The highest BCUT2D eigenvalue weighted by Crippen LogP contribution is 2.39. The van der Waals surface area contributed by atoms with Gasteiger partial charge in [0.25, 0.3) is 5.91 Å². The Morgan fingerprint density at radius 1 is 1.00 bits per heavy atom. The quantitative estimate of drug-likeness (QED) is 0.0796. The van der Waals surface area contributed by atoms with Gasteiger partial charge in [-0.2, -0.15) is 0 Å². The highest BCUT2D eigenvalue weighted by atomic mass is 35.5. The van der Waals surface area contributed by atoms with Crippen LogP contribution in [0.2, 0.25) is 5.02 Å². The number of carbonyl (C=O) groups is 2. The highest BCUT2D eigenvalue weighted by Gasteiger charge is 2.43. The predicted molar refractivity (Wildman–Crippen MR) is 213 cm³/mol. The molecule has 5 aromatic rings. The summed E-state index contributed by atoms with van der Waals surface area (Å²) in [5.74, 6) is 0.603. The molecule has 13 nitrogen and oxygen atoms in total. The molecule has 0 radical (unpaired) electrons. The molecule has 0 unspecified atom stereocenters. The van der Waals surface area contributed by atoms with Crippen LogP contribution in [0.1, 0.15) is 47.2 Å². The van der Waals surface area contributed by atoms with Crippen molar-refractivity contribution < 1.29 is 34.4 Å². The molecule has 2 bridgehead atoms. The molecule has 1 aromatic heterocycles. The maximum Gasteiger partial charge on any atom is 0.408 e. The van der Waals surface area contributed by atoms with Gasteiger partial charge in [0.15, 0.2) is 6.61 Å². The average molecular weight is 782 g/mol. The molecule has 3 atom stereocenters. The van der Waals surface area contributed by atoms with Gasteiger partial charge < -0.3 is 45.3 Å². The number of ether oxygens (including phenoxy) is 2. The molecule has 3 saturated heterocycles. The number of nitrogens with one attached hydrogen (secondary N) is 3. The lowest BCUT2D eigenvalue weighted by molar-refractivity contribution is -0.118. The number of H-pyrrole nitrogens is 1. The number of rotatable bonds is 14. The molecular formula is C42H44ClN5O8. The molecule has 3 aliphatic rings. The molecule has 6 N–H and O–H groups in total. The Morgan fingerprint density at radius 3 is 2.48 bits per heavy atom. The molecule has 0 spiro atoms. The van der Waals surface area contributed by atoms with E-state index in [1.165, 1.54) is 19.2 Å². The number of aliphatic hydroxyl groups is 1. The van der Waals surface area contributed by atoms with Crippen LogP contribution in [-0.2, 0) is 11.3 Å². The number of phenols is 1. The fraction of sp³-hybridized carbons (Fsp3) is 0.310. The van der Waals surface area contributed by atoms with E-state index >= 15 is 0 Å². The van der Waals surface area contributed by atoms with E-state index in [9.17, 15) is 29.7 Å². The summed E-state index contributed by atoms with van der Waals surface area (Å²) in [6, 6.07) is 25.3. The first-order chi connectivity index (χ1) is 27.1. The number of aromatic hydroxyl groups is 1. The van der Waals surface area contributed by atoms with Crippen LogP contribution in [0.25, 0.3) is 10.9 Å². The van der Waals surface area contributed by atoms with E-state index in [0.29, 0.717) is 46.2 Å². The molecule has 3 aliphatic heterocycles. The van der Waals surface area contributed by atoms with Crippen molar-refractivity contribution in [3.8, 4) is 17.2 Å². The standard InChI is InChI=1S/C42H44ClN5O8/c1-55-37-20-33(32(43)19-28(37)21-44-22-36(50)30-10-12-35(49)40-31(30)11-13-38(51)46-40)45-39(52)24-56-29-9-5-8-27(18-29)41(26-6-3-2-4-7-26)48(42(53)54)34-23-47-16-14-25(34)15-17-47/h2-13,18-20,25,34,36,41,44,49-50H,14-17,21-24H2,1H3,(H,45,52)(H,46,51)(H,53,54)/t34-,36-,41-/m0/s1. The number of carboxylic acid groups (broad SMARTS) is 1. The Bertz CT molecular complexity index is 2260. The average Bonchev–Trinajstić information content (AvgIpc) is 3.21. The number of aromatic nitrogens is 1. The minimum Gasteiger partial charge on any atom is -0.506 e. The summed E-state index contributed by atoms with van der Waals surface area (Å²) < 4.78 is 11.5. The number of nitrogens with zero attached hydrogens (tertiary/aromatic N) is 2. The van der Waals surface area contributed by atoms with E-state index in [1.807, 2.05) is 36.4 Å². The third kappa shape index (κ3) is 8.46. The molecule has 56 heavy (non-hydrogen) atoms. The van der Waals surface area contributed by atoms with Gasteiger partial charge in [-0.25, -0.2) is 4.79 Å². The van der Waals surface area contributed by atoms with Crippen molar-refractivity contribution in [1.29, 1.82) is 0 Å². The molecule has 2 amide bonds. The van der Waals surface area contributed by atoms with Gasteiger partial charge in [-0.3, -0.25) is 14.5 Å². The number of phenolic OH excluding ortho intramolecular Hbond substituents is 1. The van der Waals surface area contributed by atoms with Crippen LogP contribution in [0.5, 0.6) is 17.2 Å². The van der Waals surface area contributed by atoms with Crippen LogP contribution >= 0.6 is 11.6 Å². The molecular weight excluding hydrogens is 738 g/mol. The van der Waals surface area contributed by atoms with Crippen LogP contribution in [0.3, 0.4) is 0 Å². The summed E-state index contributed by atoms with van der Waals surface area (Å²) in [6.45, 7) is 2.76. The smallest absolute Gasteiger partial charge is 0.408 e. The molecule has 0 aliphatic carbocycles. The molecule has 0 saturated carbocycles. The Balaban J connectivity index is 1.00. The summed E-state index contributed by atoms with van der Waals surface area (Å²) in [7, 11) is 1.50. The van der Waals surface area contributed by atoms with E-state index in [-0.39, 0.29) is 47.6 Å². The zero-order valence-corrected chi connectivity index (χ0v) is 31.5. The number of amides is 2. The number of anilines is 1. The Labute approximate surface area is 328 Å². The normalized spacial score (nSPS) is 18.6. The van der Waals surface area contributed by atoms with Crippen molar-refractivity contribution in [2.24, 2.45) is 5.92 Å². The zero-order chi connectivity index (χ0) is 39.3. The monoisotopic (exact) mass is 781 g/mol. The van der Waals surface area contributed by atoms with E-state index < -0.39 is 24.1 Å². The number of halogens is 1. The second-order valence-corrected chi connectivity index (χ2v) is 14.6. The van der Waals surface area contributed by atoms with Crippen molar-refractivity contribution in [1.82, 2.24) is 20.1 Å². The number of hydrogen-bond acceptors (Lipinski definition) is 9. The van der Waals surface area contributed by atoms with E-state index in [0.717, 1.165) is 37.1 Å². The topological polar surface area (TPSA) is 177 Å². The van der Waals surface area contributed by atoms with Crippen LogP contribution in [-0.4, -0.2) is 88.0 Å². The zero-order valence-electron chi connectivity index (χ0n) is 30.8. The lowest BCUT2D eigenvalue weighted by Crippen LogP contribution is -2.59. The van der Waals surface area contributed by atoms with Crippen molar-refractivity contribution in [3.05, 3.63) is 129 Å².